The normalized spacial score (nSPS) is 10.8. The highest BCUT2D eigenvalue weighted by Gasteiger charge is 2.16. The first kappa shape index (κ1) is 16.7. The van der Waals surface area contributed by atoms with Crippen molar-refractivity contribution in [2.45, 2.75) is 26.6 Å². The largest absolute Gasteiger partial charge is 0.487 e. The monoisotopic (exact) mass is 303 g/mol. The Morgan fingerprint density at radius 2 is 1.95 bits per heavy atom. The third-order valence-electron chi connectivity index (χ3n) is 2.43. The number of nitro groups is 1. The zero-order chi connectivity index (χ0) is 15.0. The first-order chi connectivity index (χ1) is 9.58. The van der Waals surface area contributed by atoms with E-state index in [1.165, 1.54) is 12.1 Å². The average Bonchev–Trinajstić information content (AvgIpc) is 2.40. The summed E-state index contributed by atoms with van der Waals surface area (Å²) in [5.41, 5.74) is -0.151. The van der Waals surface area contributed by atoms with E-state index in [4.69, 9.17) is 25.8 Å². The molecule has 0 amide bonds. The highest BCUT2D eigenvalue weighted by Crippen LogP contribution is 2.30. The summed E-state index contributed by atoms with van der Waals surface area (Å²) in [4.78, 5) is 10.4. The van der Waals surface area contributed by atoms with E-state index in [-0.39, 0.29) is 24.3 Å². The van der Waals surface area contributed by atoms with Gasteiger partial charge in [-0.3, -0.25) is 10.1 Å². The number of benzene rings is 1. The molecule has 0 unspecified atom stereocenters. The molecule has 112 valence electrons. The van der Waals surface area contributed by atoms with Gasteiger partial charge >= 0.3 is 5.69 Å². The van der Waals surface area contributed by atoms with Crippen molar-refractivity contribution < 1.29 is 19.1 Å². The molecule has 1 aromatic carbocycles. The zero-order valence-electron chi connectivity index (χ0n) is 11.5. The maximum atomic E-state index is 10.9. The lowest BCUT2D eigenvalue weighted by molar-refractivity contribution is -0.385. The minimum Gasteiger partial charge on any atom is -0.487 e. The molecule has 20 heavy (non-hydrogen) atoms. The van der Waals surface area contributed by atoms with Crippen molar-refractivity contribution in [3.05, 3.63) is 33.3 Å². The molecule has 7 heteroatoms. The van der Waals surface area contributed by atoms with Gasteiger partial charge in [0.1, 0.15) is 0 Å². The summed E-state index contributed by atoms with van der Waals surface area (Å²) >= 11 is 5.73. The first-order valence-corrected chi connectivity index (χ1v) is 6.76. The van der Waals surface area contributed by atoms with Gasteiger partial charge in [0.2, 0.25) is 0 Å². The van der Waals surface area contributed by atoms with E-state index < -0.39 is 4.92 Å². The smallest absolute Gasteiger partial charge is 0.312 e. The Morgan fingerprint density at radius 1 is 1.30 bits per heavy atom. The zero-order valence-corrected chi connectivity index (χ0v) is 12.3. The van der Waals surface area contributed by atoms with Gasteiger partial charge in [0, 0.05) is 30.7 Å². The molecule has 6 nitrogen and oxygen atoms in total. The van der Waals surface area contributed by atoms with Gasteiger partial charge in [-0.15, -0.1) is 0 Å². The lowest BCUT2D eigenvalue weighted by Crippen LogP contribution is -2.20. The molecule has 0 spiro atoms. The molecule has 0 aliphatic heterocycles. The predicted molar refractivity (Wildman–Crippen MR) is 75.3 cm³/mol. The number of rotatable bonds is 9. The van der Waals surface area contributed by atoms with Crippen LogP contribution in [0.25, 0.3) is 0 Å². The van der Waals surface area contributed by atoms with Crippen molar-refractivity contribution in [1.82, 2.24) is 0 Å². The molecule has 0 aliphatic carbocycles. The molecule has 0 atom stereocenters. The Labute approximate surface area is 122 Å². The van der Waals surface area contributed by atoms with Crippen LogP contribution in [0.4, 0.5) is 5.69 Å². The molecule has 0 aromatic heterocycles. The Bertz CT molecular complexity index is 435. The van der Waals surface area contributed by atoms with Crippen molar-refractivity contribution in [3.63, 3.8) is 0 Å². The van der Waals surface area contributed by atoms with E-state index in [9.17, 15) is 10.1 Å². The van der Waals surface area contributed by atoms with Crippen molar-refractivity contribution in [2.24, 2.45) is 0 Å². The highest BCUT2D eigenvalue weighted by atomic mass is 35.5. The molecule has 0 saturated heterocycles. The van der Waals surface area contributed by atoms with Gasteiger partial charge in [-0.2, -0.15) is 0 Å². The molecule has 0 heterocycles. The van der Waals surface area contributed by atoms with Crippen LogP contribution in [0.2, 0.25) is 5.02 Å². The number of halogens is 1. The van der Waals surface area contributed by atoms with Crippen LogP contribution < -0.4 is 4.74 Å². The summed E-state index contributed by atoms with van der Waals surface area (Å²) < 4.78 is 16.1. The van der Waals surface area contributed by atoms with Crippen molar-refractivity contribution >= 4 is 17.3 Å². The SMILES string of the molecule is CCOC(CCOc1ccc(Cl)cc1[N+](=O)[O-])OCC. The summed E-state index contributed by atoms with van der Waals surface area (Å²) in [7, 11) is 0. The quantitative estimate of drug-likeness (QED) is 0.397. The van der Waals surface area contributed by atoms with E-state index in [0.29, 0.717) is 24.7 Å². The molecule has 0 bridgehead atoms. The number of nitro benzene ring substituents is 1. The Balaban J connectivity index is 2.58. The minimum absolute atomic E-state index is 0.151. The van der Waals surface area contributed by atoms with Crippen molar-refractivity contribution in [2.75, 3.05) is 19.8 Å². The fourth-order valence-corrected chi connectivity index (χ4v) is 1.77. The topological polar surface area (TPSA) is 70.8 Å². The third kappa shape index (κ3) is 5.32. The second kappa shape index (κ2) is 8.73. The number of ether oxygens (including phenoxy) is 3. The third-order valence-corrected chi connectivity index (χ3v) is 2.67. The van der Waals surface area contributed by atoms with E-state index in [1.54, 1.807) is 6.07 Å². The first-order valence-electron chi connectivity index (χ1n) is 6.38. The van der Waals surface area contributed by atoms with E-state index >= 15 is 0 Å². The van der Waals surface area contributed by atoms with Crippen LogP contribution in [0.15, 0.2) is 18.2 Å². The van der Waals surface area contributed by atoms with Gasteiger partial charge in [-0.1, -0.05) is 11.6 Å². The summed E-state index contributed by atoms with van der Waals surface area (Å²) in [6.45, 7) is 5.07. The van der Waals surface area contributed by atoms with E-state index in [0.717, 1.165) is 0 Å². The maximum Gasteiger partial charge on any atom is 0.312 e. The minimum atomic E-state index is -0.524. The number of hydrogen-bond donors (Lipinski definition) is 0. The number of nitrogens with zero attached hydrogens (tertiary/aromatic N) is 1. The van der Waals surface area contributed by atoms with E-state index in [1.807, 2.05) is 13.8 Å². The molecular weight excluding hydrogens is 286 g/mol. The van der Waals surface area contributed by atoms with Crippen LogP contribution in [0, 0.1) is 10.1 Å². The van der Waals surface area contributed by atoms with Gasteiger partial charge in [-0.25, -0.2) is 0 Å². The van der Waals surface area contributed by atoms with Gasteiger partial charge in [0.05, 0.1) is 11.5 Å². The molecule has 0 radical (unpaired) electrons. The maximum absolute atomic E-state index is 10.9. The van der Waals surface area contributed by atoms with Crippen LogP contribution in [0.1, 0.15) is 20.3 Å². The standard InChI is InChI=1S/C13H18ClNO5/c1-3-18-13(19-4-2)7-8-20-12-6-5-10(14)9-11(12)15(16)17/h5-6,9,13H,3-4,7-8H2,1-2H3. The fourth-order valence-electron chi connectivity index (χ4n) is 1.61. The Hall–Kier alpha value is -1.37. The lowest BCUT2D eigenvalue weighted by Gasteiger charge is -2.17. The lowest BCUT2D eigenvalue weighted by atomic mass is 10.3. The van der Waals surface area contributed by atoms with E-state index in [2.05, 4.69) is 0 Å². The molecule has 0 fully saturated rings. The van der Waals surface area contributed by atoms with Crippen molar-refractivity contribution in [1.29, 1.82) is 0 Å². The van der Waals surface area contributed by atoms with Gasteiger partial charge in [0.15, 0.2) is 12.0 Å². The van der Waals surface area contributed by atoms with Crippen LogP contribution in [0.3, 0.4) is 0 Å². The molecule has 0 N–H and O–H groups in total. The molecular formula is C13H18ClNO5. The molecule has 0 aliphatic rings. The number of hydrogen-bond acceptors (Lipinski definition) is 5. The highest BCUT2D eigenvalue weighted by molar-refractivity contribution is 6.30. The second-order valence-electron chi connectivity index (χ2n) is 3.85. The van der Waals surface area contributed by atoms with Gasteiger partial charge < -0.3 is 14.2 Å². The molecule has 1 rings (SSSR count). The molecule has 0 saturated carbocycles. The summed E-state index contributed by atoms with van der Waals surface area (Å²) in [5, 5.41) is 11.2. The van der Waals surface area contributed by atoms with Gasteiger partial charge in [-0.05, 0) is 26.0 Å². The average molecular weight is 304 g/mol. The van der Waals surface area contributed by atoms with Crippen LogP contribution in [0.5, 0.6) is 5.75 Å². The summed E-state index contributed by atoms with van der Waals surface area (Å²) in [6.07, 6.45) is 0.123. The van der Waals surface area contributed by atoms with Crippen molar-refractivity contribution in [3.8, 4) is 5.75 Å². The Morgan fingerprint density at radius 3 is 2.50 bits per heavy atom. The molecule has 1 aromatic rings. The van der Waals surface area contributed by atoms with Crippen LogP contribution >= 0.6 is 11.6 Å². The van der Waals surface area contributed by atoms with Crippen LogP contribution in [-0.4, -0.2) is 31.0 Å². The predicted octanol–water partition coefficient (Wildman–Crippen LogP) is 3.42. The summed E-state index contributed by atoms with van der Waals surface area (Å²) in [5.74, 6) is 0.186. The Kier molecular flexibility index (Phi) is 7.28. The van der Waals surface area contributed by atoms with Crippen LogP contribution in [-0.2, 0) is 9.47 Å². The summed E-state index contributed by atoms with van der Waals surface area (Å²) in [6, 6.07) is 4.29. The van der Waals surface area contributed by atoms with Gasteiger partial charge in [0.25, 0.3) is 0 Å². The fraction of sp³-hybridized carbons (Fsp3) is 0.538. The second-order valence-corrected chi connectivity index (χ2v) is 4.28.